The number of methoxy groups -OCH3 is 1. The van der Waals surface area contributed by atoms with Gasteiger partial charge in [-0.25, -0.2) is 14.8 Å². The number of halogens is 2. The van der Waals surface area contributed by atoms with Crippen molar-refractivity contribution in [3.63, 3.8) is 0 Å². The zero-order valence-corrected chi connectivity index (χ0v) is 18.0. The highest BCUT2D eigenvalue weighted by molar-refractivity contribution is 6.32. The van der Waals surface area contributed by atoms with Crippen molar-refractivity contribution < 1.29 is 14.3 Å². The number of carbonyl (C=O) groups excluding carboxylic acids is 1. The molecule has 1 aliphatic rings. The van der Waals surface area contributed by atoms with Gasteiger partial charge in [0.25, 0.3) is 0 Å². The number of ether oxygens (including phenoxy) is 2. The second kappa shape index (κ2) is 9.24. The van der Waals surface area contributed by atoms with Crippen LogP contribution in [0.25, 0.3) is 6.08 Å². The normalized spacial score (nSPS) is 12.7. The van der Waals surface area contributed by atoms with Crippen LogP contribution in [0.4, 0.5) is 17.3 Å². The lowest BCUT2D eigenvalue weighted by molar-refractivity contribution is -0.136. The zero-order valence-electron chi connectivity index (χ0n) is 16.5. The van der Waals surface area contributed by atoms with Crippen molar-refractivity contribution in [2.45, 2.75) is 6.42 Å². The molecule has 0 saturated carbocycles. The Morgan fingerprint density at radius 3 is 2.81 bits per heavy atom. The van der Waals surface area contributed by atoms with E-state index in [1.807, 2.05) is 6.07 Å². The standard InChI is InChI=1S/C22H18Cl2N4O3/c1-30-22(29)13-7-8-25-20-17(9-13)21(27-12-26-20)28-15-5-6-19(18(24)11-15)31-16-4-2-3-14(23)10-16/h2-6,9-12H,7-8H2,1H3,(H2,25,26,27,28). The molecule has 1 aromatic heterocycles. The first kappa shape index (κ1) is 21.0. The minimum Gasteiger partial charge on any atom is -0.466 e. The average Bonchev–Trinajstić information content (AvgIpc) is 2.98. The predicted octanol–water partition coefficient (Wildman–Crippen LogP) is 5.69. The maximum absolute atomic E-state index is 12.0. The number of anilines is 3. The highest BCUT2D eigenvalue weighted by Gasteiger charge is 2.19. The Bertz CT molecular complexity index is 1170. The van der Waals surface area contributed by atoms with E-state index >= 15 is 0 Å². The second-order valence-electron chi connectivity index (χ2n) is 6.65. The summed E-state index contributed by atoms with van der Waals surface area (Å²) in [7, 11) is 1.36. The van der Waals surface area contributed by atoms with Gasteiger partial charge in [-0.2, -0.15) is 0 Å². The van der Waals surface area contributed by atoms with Gasteiger partial charge in [-0.3, -0.25) is 0 Å². The fraction of sp³-hybridized carbons (Fsp3) is 0.136. The maximum Gasteiger partial charge on any atom is 0.333 e. The van der Waals surface area contributed by atoms with E-state index in [0.29, 0.717) is 63.0 Å². The molecule has 0 fully saturated rings. The Hall–Kier alpha value is -3.29. The number of hydrogen-bond donors (Lipinski definition) is 2. The van der Waals surface area contributed by atoms with Crippen LogP contribution < -0.4 is 15.4 Å². The van der Waals surface area contributed by atoms with Gasteiger partial charge in [-0.15, -0.1) is 0 Å². The van der Waals surface area contributed by atoms with Gasteiger partial charge in [0.15, 0.2) is 0 Å². The number of rotatable bonds is 5. The minimum atomic E-state index is -0.380. The Morgan fingerprint density at radius 1 is 1.16 bits per heavy atom. The van der Waals surface area contributed by atoms with Crippen molar-refractivity contribution in [1.29, 1.82) is 0 Å². The van der Waals surface area contributed by atoms with E-state index in [2.05, 4.69) is 20.6 Å². The molecule has 3 aromatic rings. The summed E-state index contributed by atoms with van der Waals surface area (Å²) in [6.45, 7) is 0.561. The highest BCUT2D eigenvalue weighted by atomic mass is 35.5. The van der Waals surface area contributed by atoms with Crippen LogP contribution in [-0.2, 0) is 9.53 Å². The Labute approximate surface area is 189 Å². The SMILES string of the molecule is COC(=O)C1=Cc2c(ncnc2Nc2ccc(Oc3cccc(Cl)c3)c(Cl)c2)NCC1. The largest absolute Gasteiger partial charge is 0.466 e. The molecule has 0 spiro atoms. The first-order valence-corrected chi connectivity index (χ1v) is 10.2. The number of nitrogens with zero attached hydrogens (tertiary/aromatic N) is 2. The first-order valence-electron chi connectivity index (χ1n) is 9.41. The quantitative estimate of drug-likeness (QED) is 0.476. The lowest BCUT2D eigenvalue weighted by atomic mass is 10.1. The minimum absolute atomic E-state index is 0.380. The van der Waals surface area contributed by atoms with E-state index in [0.717, 1.165) is 0 Å². The smallest absolute Gasteiger partial charge is 0.333 e. The molecule has 9 heteroatoms. The topological polar surface area (TPSA) is 85.4 Å². The van der Waals surface area contributed by atoms with Gasteiger partial charge in [-0.05, 0) is 48.9 Å². The summed E-state index contributed by atoms with van der Waals surface area (Å²) >= 11 is 12.4. The molecular weight excluding hydrogens is 439 g/mol. The van der Waals surface area contributed by atoms with Crippen LogP contribution in [0.15, 0.2) is 54.4 Å². The van der Waals surface area contributed by atoms with Crippen LogP contribution in [0, 0.1) is 0 Å². The molecule has 0 atom stereocenters. The fourth-order valence-electron chi connectivity index (χ4n) is 3.08. The number of aromatic nitrogens is 2. The van der Waals surface area contributed by atoms with Crippen LogP contribution in [0.3, 0.4) is 0 Å². The molecule has 0 amide bonds. The Balaban J connectivity index is 1.60. The van der Waals surface area contributed by atoms with Crippen molar-refractivity contribution in [1.82, 2.24) is 9.97 Å². The summed E-state index contributed by atoms with van der Waals surface area (Å²) in [6, 6.07) is 12.4. The number of carbonyl (C=O) groups is 1. The predicted molar refractivity (Wildman–Crippen MR) is 121 cm³/mol. The number of fused-ring (bicyclic) bond motifs is 1. The van der Waals surface area contributed by atoms with Gasteiger partial charge < -0.3 is 20.1 Å². The van der Waals surface area contributed by atoms with E-state index in [-0.39, 0.29) is 5.97 Å². The molecule has 1 aliphatic heterocycles. The van der Waals surface area contributed by atoms with E-state index in [1.165, 1.54) is 13.4 Å². The Morgan fingerprint density at radius 2 is 2.03 bits per heavy atom. The molecule has 0 saturated heterocycles. The summed E-state index contributed by atoms with van der Waals surface area (Å²) < 4.78 is 10.7. The molecule has 7 nitrogen and oxygen atoms in total. The number of hydrogen-bond acceptors (Lipinski definition) is 7. The number of esters is 1. The van der Waals surface area contributed by atoms with E-state index in [4.69, 9.17) is 32.7 Å². The summed E-state index contributed by atoms with van der Waals surface area (Å²) in [5.41, 5.74) is 1.90. The zero-order chi connectivity index (χ0) is 21.8. The van der Waals surface area contributed by atoms with Gasteiger partial charge in [0.1, 0.15) is 29.5 Å². The van der Waals surface area contributed by atoms with Gasteiger partial charge in [0.2, 0.25) is 0 Å². The van der Waals surface area contributed by atoms with Crippen molar-refractivity contribution in [3.05, 3.63) is 70.0 Å². The molecule has 0 radical (unpaired) electrons. The highest BCUT2D eigenvalue weighted by Crippen LogP contribution is 2.34. The van der Waals surface area contributed by atoms with Crippen molar-refractivity contribution >= 4 is 52.6 Å². The maximum atomic E-state index is 12.0. The molecule has 31 heavy (non-hydrogen) atoms. The van der Waals surface area contributed by atoms with Crippen molar-refractivity contribution in [3.8, 4) is 11.5 Å². The molecule has 0 unspecified atom stereocenters. The molecular formula is C22H18Cl2N4O3. The van der Waals surface area contributed by atoms with Crippen LogP contribution in [-0.4, -0.2) is 29.6 Å². The number of nitrogens with one attached hydrogen (secondary N) is 2. The molecule has 0 bridgehead atoms. The lowest BCUT2D eigenvalue weighted by Gasteiger charge is -2.13. The summed E-state index contributed by atoms with van der Waals surface area (Å²) in [4.78, 5) is 20.6. The van der Waals surface area contributed by atoms with Crippen LogP contribution in [0.5, 0.6) is 11.5 Å². The first-order chi connectivity index (χ1) is 15.0. The lowest BCUT2D eigenvalue weighted by Crippen LogP contribution is -2.08. The van der Waals surface area contributed by atoms with Crippen LogP contribution in [0.1, 0.15) is 12.0 Å². The molecule has 0 aliphatic carbocycles. The molecule has 2 heterocycles. The number of benzene rings is 2. The van der Waals surface area contributed by atoms with Crippen LogP contribution in [0.2, 0.25) is 10.0 Å². The monoisotopic (exact) mass is 456 g/mol. The third-order valence-electron chi connectivity index (χ3n) is 4.56. The van der Waals surface area contributed by atoms with Gasteiger partial charge in [-0.1, -0.05) is 29.3 Å². The van der Waals surface area contributed by atoms with E-state index < -0.39 is 0 Å². The van der Waals surface area contributed by atoms with Gasteiger partial charge >= 0.3 is 5.97 Å². The van der Waals surface area contributed by atoms with E-state index in [9.17, 15) is 4.79 Å². The molecule has 2 aromatic carbocycles. The van der Waals surface area contributed by atoms with E-state index in [1.54, 1.807) is 42.5 Å². The molecule has 2 N–H and O–H groups in total. The molecule has 158 valence electrons. The van der Waals surface area contributed by atoms with Crippen LogP contribution >= 0.6 is 23.2 Å². The Kier molecular flexibility index (Phi) is 6.25. The summed E-state index contributed by atoms with van der Waals surface area (Å²) in [5.74, 6) is 1.85. The van der Waals surface area contributed by atoms with Crippen molar-refractivity contribution in [2.75, 3.05) is 24.3 Å². The molecule has 4 rings (SSSR count). The third-order valence-corrected chi connectivity index (χ3v) is 5.09. The average molecular weight is 457 g/mol. The fourth-order valence-corrected chi connectivity index (χ4v) is 3.48. The van der Waals surface area contributed by atoms with Gasteiger partial charge in [0, 0.05) is 22.8 Å². The third kappa shape index (κ3) is 4.90. The summed E-state index contributed by atoms with van der Waals surface area (Å²) in [6.07, 6.45) is 3.70. The van der Waals surface area contributed by atoms with Crippen molar-refractivity contribution in [2.24, 2.45) is 0 Å². The summed E-state index contributed by atoms with van der Waals surface area (Å²) in [5, 5.41) is 7.42. The van der Waals surface area contributed by atoms with Gasteiger partial charge in [0.05, 0.1) is 17.7 Å². The second-order valence-corrected chi connectivity index (χ2v) is 7.50.